The number of benzene rings is 1. The predicted octanol–water partition coefficient (Wildman–Crippen LogP) is 1.74. The standard InChI is InChI=1S/C14H14N2O7/c1-14(2)22-12(17)9(13(18)23-14)7-15-10-5-4-8(21-3)6-11(10)16(19)20/h4-7,15H,1-3H3. The summed E-state index contributed by atoms with van der Waals surface area (Å²) < 4.78 is 14.7. The molecule has 0 radical (unpaired) electrons. The molecule has 23 heavy (non-hydrogen) atoms. The average molecular weight is 322 g/mol. The molecule has 0 unspecified atom stereocenters. The van der Waals surface area contributed by atoms with Gasteiger partial charge in [-0.05, 0) is 12.1 Å². The Bertz CT molecular complexity index is 687. The number of carbonyl (C=O) groups excluding carboxylic acids is 2. The van der Waals surface area contributed by atoms with Crippen LogP contribution in [-0.2, 0) is 19.1 Å². The molecule has 1 aliphatic heterocycles. The maximum absolute atomic E-state index is 11.8. The van der Waals surface area contributed by atoms with Gasteiger partial charge < -0.3 is 19.5 Å². The third-order valence-corrected chi connectivity index (χ3v) is 2.89. The zero-order chi connectivity index (χ0) is 17.2. The highest BCUT2D eigenvalue weighted by molar-refractivity contribution is 6.15. The lowest BCUT2D eigenvalue weighted by atomic mass is 10.2. The molecule has 0 bridgehead atoms. The molecular formula is C14H14N2O7. The Labute approximate surface area is 131 Å². The molecule has 1 aromatic rings. The molecule has 2 rings (SSSR count). The molecule has 1 aliphatic rings. The number of hydrogen-bond donors (Lipinski definition) is 1. The summed E-state index contributed by atoms with van der Waals surface area (Å²) in [6.07, 6.45) is 1.01. The fourth-order valence-corrected chi connectivity index (χ4v) is 1.84. The number of carbonyl (C=O) groups is 2. The number of hydrogen-bond acceptors (Lipinski definition) is 8. The molecule has 0 atom stereocenters. The lowest BCUT2D eigenvalue weighted by Gasteiger charge is -2.29. The second-order valence-corrected chi connectivity index (χ2v) is 5.02. The summed E-state index contributed by atoms with van der Waals surface area (Å²) in [7, 11) is 1.38. The van der Waals surface area contributed by atoms with Crippen molar-refractivity contribution in [3.8, 4) is 5.75 Å². The Morgan fingerprint density at radius 2 is 1.87 bits per heavy atom. The first-order valence-electron chi connectivity index (χ1n) is 6.49. The number of anilines is 1. The number of methoxy groups -OCH3 is 1. The van der Waals surface area contributed by atoms with E-state index in [-0.39, 0.29) is 11.4 Å². The van der Waals surface area contributed by atoms with Crippen LogP contribution in [0.3, 0.4) is 0 Å². The van der Waals surface area contributed by atoms with E-state index in [4.69, 9.17) is 14.2 Å². The topological polar surface area (TPSA) is 117 Å². The fourth-order valence-electron chi connectivity index (χ4n) is 1.84. The highest BCUT2D eigenvalue weighted by atomic mass is 16.7. The summed E-state index contributed by atoms with van der Waals surface area (Å²) in [5.74, 6) is -2.81. The van der Waals surface area contributed by atoms with E-state index in [1.807, 2.05) is 0 Å². The van der Waals surface area contributed by atoms with E-state index < -0.39 is 28.2 Å². The van der Waals surface area contributed by atoms with Crippen LogP contribution in [0.2, 0.25) is 0 Å². The van der Waals surface area contributed by atoms with Gasteiger partial charge in [0.2, 0.25) is 0 Å². The third-order valence-electron chi connectivity index (χ3n) is 2.89. The summed E-state index contributed by atoms with van der Waals surface area (Å²) in [5.41, 5.74) is -0.595. The summed E-state index contributed by atoms with van der Waals surface area (Å²) >= 11 is 0. The van der Waals surface area contributed by atoms with Gasteiger partial charge in [0.05, 0.1) is 18.1 Å². The summed E-state index contributed by atoms with van der Waals surface area (Å²) in [5, 5.41) is 13.6. The van der Waals surface area contributed by atoms with Crippen molar-refractivity contribution in [1.29, 1.82) is 0 Å². The number of ether oxygens (including phenoxy) is 3. The van der Waals surface area contributed by atoms with Crippen molar-refractivity contribution in [2.45, 2.75) is 19.6 Å². The predicted molar refractivity (Wildman–Crippen MR) is 77.6 cm³/mol. The minimum atomic E-state index is -1.35. The number of nitro groups is 1. The van der Waals surface area contributed by atoms with E-state index in [0.717, 1.165) is 6.20 Å². The van der Waals surface area contributed by atoms with Crippen LogP contribution in [0.25, 0.3) is 0 Å². The average Bonchev–Trinajstić information content (AvgIpc) is 2.45. The number of rotatable bonds is 4. The minimum absolute atomic E-state index is 0.0775. The first-order valence-corrected chi connectivity index (χ1v) is 6.49. The highest BCUT2D eigenvalue weighted by Crippen LogP contribution is 2.29. The van der Waals surface area contributed by atoms with Gasteiger partial charge in [-0.25, -0.2) is 9.59 Å². The molecular weight excluding hydrogens is 308 g/mol. The van der Waals surface area contributed by atoms with E-state index in [9.17, 15) is 19.7 Å². The van der Waals surface area contributed by atoms with Gasteiger partial charge >= 0.3 is 11.9 Å². The molecule has 9 nitrogen and oxygen atoms in total. The lowest BCUT2D eigenvalue weighted by Crippen LogP contribution is -2.42. The number of esters is 2. The van der Waals surface area contributed by atoms with Crippen molar-refractivity contribution in [2.24, 2.45) is 0 Å². The monoisotopic (exact) mass is 322 g/mol. The zero-order valence-corrected chi connectivity index (χ0v) is 12.6. The van der Waals surface area contributed by atoms with Gasteiger partial charge in [-0.2, -0.15) is 0 Å². The van der Waals surface area contributed by atoms with Crippen LogP contribution in [0.1, 0.15) is 13.8 Å². The van der Waals surface area contributed by atoms with Crippen LogP contribution in [0.5, 0.6) is 5.75 Å². The summed E-state index contributed by atoms with van der Waals surface area (Å²) in [6, 6.07) is 4.09. The SMILES string of the molecule is COc1ccc(NC=C2C(=O)OC(C)(C)OC2=O)c([N+](=O)[O-])c1. The molecule has 0 aromatic heterocycles. The Morgan fingerprint density at radius 3 is 2.39 bits per heavy atom. The van der Waals surface area contributed by atoms with E-state index in [1.165, 1.54) is 39.2 Å². The molecule has 1 saturated heterocycles. The summed E-state index contributed by atoms with van der Waals surface area (Å²) in [6.45, 7) is 2.84. The van der Waals surface area contributed by atoms with Gasteiger partial charge in [-0.15, -0.1) is 0 Å². The van der Waals surface area contributed by atoms with E-state index in [0.29, 0.717) is 5.75 Å². The van der Waals surface area contributed by atoms with Crippen LogP contribution < -0.4 is 10.1 Å². The third kappa shape index (κ3) is 3.57. The maximum Gasteiger partial charge on any atom is 0.350 e. The van der Waals surface area contributed by atoms with Gasteiger partial charge in [-0.1, -0.05) is 0 Å². The first kappa shape index (κ1) is 16.3. The van der Waals surface area contributed by atoms with E-state index >= 15 is 0 Å². The molecule has 9 heteroatoms. The second kappa shape index (κ2) is 5.95. The van der Waals surface area contributed by atoms with Crippen molar-refractivity contribution in [3.63, 3.8) is 0 Å². The number of cyclic esters (lactones) is 2. The van der Waals surface area contributed by atoms with Crippen LogP contribution in [0.15, 0.2) is 30.0 Å². The molecule has 0 saturated carbocycles. The normalized spacial score (nSPS) is 16.2. The molecule has 1 aromatic carbocycles. The van der Waals surface area contributed by atoms with Crippen LogP contribution >= 0.6 is 0 Å². The quantitative estimate of drug-likeness (QED) is 0.293. The van der Waals surface area contributed by atoms with E-state index in [2.05, 4.69) is 5.32 Å². The maximum atomic E-state index is 11.8. The molecule has 0 spiro atoms. The molecule has 122 valence electrons. The molecule has 1 N–H and O–H groups in total. The van der Waals surface area contributed by atoms with Gasteiger partial charge in [0, 0.05) is 20.0 Å². The van der Waals surface area contributed by atoms with Crippen LogP contribution in [0.4, 0.5) is 11.4 Å². The number of nitrogens with zero attached hydrogens (tertiary/aromatic N) is 1. The van der Waals surface area contributed by atoms with Crippen molar-refractivity contribution in [1.82, 2.24) is 0 Å². The van der Waals surface area contributed by atoms with Crippen LogP contribution in [0, 0.1) is 10.1 Å². The van der Waals surface area contributed by atoms with Gasteiger partial charge in [-0.3, -0.25) is 10.1 Å². The van der Waals surface area contributed by atoms with Gasteiger partial charge in [0.15, 0.2) is 5.57 Å². The Hall–Kier alpha value is -3.10. The molecule has 1 heterocycles. The Morgan fingerprint density at radius 1 is 1.26 bits per heavy atom. The highest BCUT2D eigenvalue weighted by Gasteiger charge is 2.39. The van der Waals surface area contributed by atoms with Crippen molar-refractivity contribution >= 4 is 23.3 Å². The van der Waals surface area contributed by atoms with Gasteiger partial charge in [0.25, 0.3) is 11.5 Å². The molecule has 1 fully saturated rings. The first-order chi connectivity index (χ1) is 10.7. The van der Waals surface area contributed by atoms with Crippen molar-refractivity contribution in [2.75, 3.05) is 12.4 Å². The van der Waals surface area contributed by atoms with E-state index in [1.54, 1.807) is 0 Å². The molecule has 0 aliphatic carbocycles. The minimum Gasteiger partial charge on any atom is -0.496 e. The summed E-state index contributed by atoms with van der Waals surface area (Å²) in [4.78, 5) is 34.0. The zero-order valence-electron chi connectivity index (χ0n) is 12.6. The smallest absolute Gasteiger partial charge is 0.350 e. The Balaban J connectivity index is 2.28. The fraction of sp³-hybridized carbons (Fsp3) is 0.286. The Kier molecular flexibility index (Phi) is 4.21. The second-order valence-electron chi connectivity index (χ2n) is 5.02. The molecule has 0 amide bonds. The number of nitro benzene ring substituents is 1. The van der Waals surface area contributed by atoms with Crippen molar-refractivity contribution in [3.05, 3.63) is 40.1 Å². The number of nitrogens with one attached hydrogen (secondary N) is 1. The van der Waals surface area contributed by atoms with Crippen molar-refractivity contribution < 1.29 is 28.7 Å². The lowest BCUT2D eigenvalue weighted by molar-refractivity contribution is -0.384. The van der Waals surface area contributed by atoms with Gasteiger partial charge in [0.1, 0.15) is 11.4 Å². The van der Waals surface area contributed by atoms with Crippen LogP contribution in [-0.4, -0.2) is 29.8 Å². The largest absolute Gasteiger partial charge is 0.496 e.